The number of amides is 1. The van der Waals surface area contributed by atoms with Crippen LogP contribution < -0.4 is 10.3 Å². The van der Waals surface area contributed by atoms with E-state index in [4.69, 9.17) is 16.0 Å². The molecular weight excluding hydrogens is 456 g/mol. The fourth-order valence-electron chi connectivity index (χ4n) is 4.18. The second-order valence-corrected chi connectivity index (χ2v) is 11.0. The van der Waals surface area contributed by atoms with Gasteiger partial charge in [-0.3, -0.25) is 14.5 Å². The summed E-state index contributed by atoms with van der Waals surface area (Å²) < 4.78 is 6.00. The van der Waals surface area contributed by atoms with E-state index in [1.54, 1.807) is 23.1 Å². The van der Waals surface area contributed by atoms with E-state index < -0.39 is 6.04 Å². The van der Waals surface area contributed by atoms with Crippen molar-refractivity contribution in [1.82, 2.24) is 4.98 Å². The van der Waals surface area contributed by atoms with Gasteiger partial charge in [0, 0.05) is 9.90 Å². The fraction of sp³-hybridized carbons (Fsp3) is 0.269. The zero-order valence-electron chi connectivity index (χ0n) is 19.0. The molecule has 33 heavy (non-hydrogen) atoms. The molecule has 0 N–H and O–H groups in total. The van der Waals surface area contributed by atoms with Gasteiger partial charge < -0.3 is 4.42 Å². The Balaban J connectivity index is 1.78. The van der Waals surface area contributed by atoms with Crippen LogP contribution in [-0.2, 0) is 5.41 Å². The number of aromatic nitrogens is 1. The highest BCUT2D eigenvalue weighted by Crippen LogP contribution is 2.43. The van der Waals surface area contributed by atoms with Gasteiger partial charge in [-0.25, -0.2) is 4.98 Å². The highest BCUT2D eigenvalue weighted by molar-refractivity contribution is 7.15. The normalized spacial score (nSPS) is 16.0. The second kappa shape index (κ2) is 7.54. The Morgan fingerprint density at radius 3 is 2.36 bits per heavy atom. The number of hydrogen-bond donors (Lipinski definition) is 0. The number of carbonyl (C=O) groups is 1. The van der Waals surface area contributed by atoms with Gasteiger partial charge in [-0.2, -0.15) is 0 Å². The van der Waals surface area contributed by atoms with Crippen LogP contribution in [0.3, 0.4) is 0 Å². The van der Waals surface area contributed by atoms with Gasteiger partial charge in [0.05, 0.1) is 22.7 Å². The van der Waals surface area contributed by atoms with Crippen molar-refractivity contribution in [3.63, 3.8) is 0 Å². The predicted molar refractivity (Wildman–Crippen MR) is 133 cm³/mol. The predicted octanol–water partition coefficient (Wildman–Crippen LogP) is 6.57. The first kappa shape index (κ1) is 21.9. The fourth-order valence-corrected chi connectivity index (χ4v) is 5.29. The number of thiazole rings is 1. The van der Waals surface area contributed by atoms with E-state index in [9.17, 15) is 9.59 Å². The molecule has 7 heteroatoms. The highest BCUT2D eigenvalue weighted by Gasteiger charge is 2.45. The molecule has 5 nitrogen and oxygen atoms in total. The van der Waals surface area contributed by atoms with Crippen LogP contribution in [0.15, 0.2) is 51.7 Å². The van der Waals surface area contributed by atoms with Crippen LogP contribution in [0.5, 0.6) is 0 Å². The third kappa shape index (κ3) is 3.49. The molecule has 1 aliphatic rings. The summed E-state index contributed by atoms with van der Waals surface area (Å²) in [5.74, 6) is -0.303. The van der Waals surface area contributed by atoms with Crippen LogP contribution in [0, 0.1) is 13.8 Å². The Kier molecular flexibility index (Phi) is 4.99. The maximum atomic E-state index is 13.7. The van der Waals surface area contributed by atoms with Crippen LogP contribution in [0.2, 0.25) is 5.02 Å². The minimum absolute atomic E-state index is 0.0167. The van der Waals surface area contributed by atoms with Crippen molar-refractivity contribution in [3.05, 3.63) is 90.7 Å². The Labute approximate surface area is 200 Å². The summed E-state index contributed by atoms with van der Waals surface area (Å²) in [7, 11) is 0. The quantitative estimate of drug-likeness (QED) is 0.327. The summed E-state index contributed by atoms with van der Waals surface area (Å²) in [5, 5.41) is 1.35. The van der Waals surface area contributed by atoms with E-state index in [-0.39, 0.29) is 22.5 Å². The van der Waals surface area contributed by atoms with Crippen LogP contribution in [0.25, 0.3) is 11.0 Å². The molecule has 168 valence electrons. The number of nitrogens with zero attached hydrogens (tertiary/aromatic N) is 2. The van der Waals surface area contributed by atoms with Gasteiger partial charge in [0.25, 0.3) is 5.91 Å². The number of aryl methyl sites for hydroxylation is 2. The van der Waals surface area contributed by atoms with Gasteiger partial charge in [0.15, 0.2) is 10.6 Å². The largest absolute Gasteiger partial charge is 0.450 e. The Bertz CT molecular complexity index is 1460. The minimum atomic E-state index is -0.633. The van der Waals surface area contributed by atoms with E-state index in [1.807, 2.05) is 38.1 Å². The zero-order chi connectivity index (χ0) is 23.7. The van der Waals surface area contributed by atoms with Crippen molar-refractivity contribution < 1.29 is 9.21 Å². The van der Waals surface area contributed by atoms with Crippen LogP contribution in [0.4, 0.5) is 5.13 Å². The molecular formula is C26H23ClN2O3S. The molecule has 0 unspecified atom stereocenters. The van der Waals surface area contributed by atoms with Gasteiger partial charge in [-0.05, 0) is 48.6 Å². The molecule has 2 aromatic heterocycles. The summed E-state index contributed by atoms with van der Waals surface area (Å²) in [6, 6.07) is 12.3. The van der Waals surface area contributed by atoms with Crippen molar-refractivity contribution in [2.45, 2.75) is 46.1 Å². The van der Waals surface area contributed by atoms with E-state index in [0.717, 1.165) is 16.1 Å². The zero-order valence-corrected chi connectivity index (χ0v) is 20.6. The molecule has 1 amide bonds. The molecule has 1 atom stereocenters. The van der Waals surface area contributed by atoms with Gasteiger partial charge in [0.2, 0.25) is 5.76 Å². The second-order valence-electron chi connectivity index (χ2n) is 9.40. The molecule has 0 radical (unpaired) electrons. The van der Waals surface area contributed by atoms with Crippen molar-refractivity contribution in [1.29, 1.82) is 0 Å². The van der Waals surface area contributed by atoms with Crippen LogP contribution in [0.1, 0.15) is 64.6 Å². The first-order valence-electron chi connectivity index (χ1n) is 10.7. The van der Waals surface area contributed by atoms with E-state index in [2.05, 4.69) is 25.8 Å². The SMILES string of the molecule is Cc1nc(N2C(=O)c3oc4ccc(Cl)cc4c(=O)c3[C@@H]2c2ccc(C(C)(C)C)cc2)sc1C. The molecule has 1 aliphatic heterocycles. The minimum Gasteiger partial charge on any atom is -0.450 e. The average molecular weight is 479 g/mol. The van der Waals surface area contributed by atoms with E-state index >= 15 is 0 Å². The summed E-state index contributed by atoms with van der Waals surface area (Å²) in [6.07, 6.45) is 0. The molecule has 2 aromatic carbocycles. The van der Waals surface area contributed by atoms with Crippen molar-refractivity contribution in [2.75, 3.05) is 4.90 Å². The highest BCUT2D eigenvalue weighted by atomic mass is 35.5. The smallest absolute Gasteiger partial charge is 0.297 e. The third-order valence-electron chi connectivity index (χ3n) is 6.15. The number of anilines is 1. The summed E-state index contributed by atoms with van der Waals surface area (Å²) >= 11 is 7.60. The topological polar surface area (TPSA) is 63.4 Å². The lowest BCUT2D eigenvalue weighted by Gasteiger charge is -2.24. The Morgan fingerprint density at radius 2 is 1.76 bits per heavy atom. The van der Waals surface area contributed by atoms with Gasteiger partial charge in [-0.15, -0.1) is 11.3 Å². The molecule has 5 rings (SSSR count). The molecule has 0 aliphatic carbocycles. The van der Waals surface area contributed by atoms with Crippen LogP contribution >= 0.6 is 22.9 Å². The van der Waals surface area contributed by atoms with E-state index in [1.165, 1.54) is 16.9 Å². The van der Waals surface area contributed by atoms with Gasteiger partial charge in [0.1, 0.15) is 5.58 Å². The lowest BCUT2D eigenvalue weighted by Crippen LogP contribution is -2.29. The maximum absolute atomic E-state index is 13.7. The number of carbonyl (C=O) groups excluding carboxylic acids is 1. The van der Waals surface area contributed by atoms with Crippen molar-refractivity contribution in [2.24, 2.45) is 0 Å². The van der Waals surface area contributed by atoms with Gasteiger partial charge >= 0.3 is 0 Å². The maximum Gasteiger partial charge on any atom is 0.297 e. The van der Waals surface area contributed by atoms with Crippen molar-refractivity contribution in [3.8, 4) is 0 Å². The number of hydrogen-bond acceptors (Lipinski definition) is 5. The first-order chi connectivity index (χ1) is 15.6. The Morgan fingerprint density at radius 1 is 1.06 bits per heavy atom. The molecule has 4 aromatic rings. The number of halogens is 1. The standard InChI is InChI=1S/C26H23ClN2O3S/c1-13-14(2)33-25(28-13)29-21(15-6-8-16(9-7-15)26(3,4)5)20-22(30)18-12-17(27)10-11-19(18)32-23(20)24(29)31/h6-12,21H,1-5H3/t21-/m0/s1. The van der Waals surface area contributed by atoms with E-state index in [0.29, 0.717) is 26.7 Å². The molecule has 0 fully saturated rings. The van der Waals surface area contributed by atoms with Gasteiger partial charge in [-0.1, -0.05) is 56.6 Å². The third-order valence-corrected chi connectivity index (χ3v) is 7.46. The molecule has 3 heterocycles. The Hall–Kier alpha value is -2.96. The molecule has 0 bridgehead atoms. The summed E-state index contributed by atoms with van der Waals surface area (Å²) in [4.78, 5) is 34.5. The molecule has 0 spiro atoms. The summed E-state index contributed by atoms with van der Waals surface area (Å²) in [5.41, 5.74) is 3.25. The number of rotatable bonds is 2. The monoisotopic (exact) mass is 478 g/mol. The number of fused-ring (bicyclic) bond motifs is 2. The van der Waals surface area contributed by atoms with Crippen LogP contribution in [-0.4, -0.2) is 10.9 Å². The molecule has 0 saturated heterocycles. The lowest BCUT2D eigenvalue weighted by atomic mass is 9.86. The lowest BCUT2D eigenvalue weighted by molar-refractivity contribution is 0.0971. The first-order valence-corrected chi connectivity index (χ1v) is 11.9. The number of benzene rings is 2. The van der Waals surface area contributed by atoms with Crippen molar-refractivity contribution >= 4 is 44.9 Å². The average Bonchev–Trinajstić information content (AvgIpc) is 3.24. The summed E-state index contributed by atoms with van der Waals surface area (Å²) in [6.45, 7) is 10.3. The molecule has 0 saturated carbocycles.